The highest BCUT2D eigenvalue weighted by Crippen LogP contribution is 2.34. The lowest BCUT2D eigenvalue weighted by atomic mass is 9.74. The second-order valence-corrected chi connectivity index (χ2v) is 10.6. The molecule has 208 valence electrons. The minimum absolute atomic E-state index is 0.208. The van der Waals surface area contributed by atoms with Crippen LogP contribution in [0.2, 0.25) is 0 Å². The van der Waals surface area contributed by atoms with Crippen LogP contribution in [-0.4, -0.2) is 46.4 Å². The molecule has 0 aromatic carbocycles. The predicted octanol–water partition coefficient (Wildman–Crippen LogP) is 8.16. The molecule has 0 fully saturated rings. The van der Waals surface area contributed by atoms with Gasteiger partial charge in [0.2, 0.25) is 0 Å². The Morgan fingerprint density at radius 2 is 1.46 bits per heavy atom. The van der Waals surface area contributed by atoms with Gasteiger partial charge in [0.1, 0.15) is 5.78 Å². The Morgan fingerprint density at radius 3 is 1.83 bits per heavy atom. The summed E-state index contributed by atoms with van der Waals surface area (Å²) in [4.78, 5) is 12.0. The van der Waals surface area contributed by atoms with Gasteiger partial charge >= 0.3 is 0 Å². The van der Waals surface area contributed by atoms with Gasteiger partial charge in [-0.25, -0.2) is 0 Å². The second-order valence-electron chi connectivity index (χ2n) is 10.6. The number of hydrogen-bond acceptors (Lipinski definition) is 4. The lowest BCUT2D eigenvalue weighted by Gasteiger charge is -2.31. The molecule has 4 heteroatoms. The van der Waals surface area contributed by atoms with E-state index in [9.17, 15) is 4.79 Å². The fraction of sp³-hybridized carbons (Fsp3) is 0.839. The second kappa shape index (κ2) is 22.2. The molecular weight excluding hydrogens is 436 g/mol. The van der Waals surface area contributed by atoms with Crippen molar-refractivity contribution in [2.24, 2.45) is 35.5 Å². The van der Waals surface area contributed by atoms with Gasteiger partial charge in [-0.2, -0.15) is 0 Å². The zero-order valence-electron chi connectivity index (χ0n) is 25.4. The van der Waals surface area contributed by atoms with Crippen molar-refractivity contribution in [3.8, 4) is 0 Å². The Hall–Kier alpha value is -0.970. The van der Waals surface area contributed by atoms with Crippen molar-refractivity contribution in [1.82, 2.24) is 0 Å². The Balaban J connectivity index is 0. The van der Waals surface area contributed by atoms with Gasteiger partial charge in [0.15, 0.2) is 0 Å². The molecule has 3 unspecified atom stereocenters. The molecular formula is C31H60O4. The minimum Gasteiger partial charge on any atom is -0.385 e. The Morgan fingerprint density at radius 1 is 0.914 bits per heavy atom. The maximum atomic E-state index is 12.0. The summed E-state index contributed by atoms with van der Waals surface area (Å²) in [5.41, 5.74) is 1.46. The standard InChI is InChI=1S/C24H42O2.C5H12O2.C2H6/c1-16(2)22(15-21-9-11-23(26-8)12-10-21)13-18(5)19(6)14-24(17(3)4)20(7)25;1-6-4-3-5-7-2;1-2/h9-11,16-19,22-24H,12-15H2,1-8H3;3-5H2,1-2H3;1-2H3/t18-,19?,22?,23?,24+;;/m1../s1. The van der Waals surface area contributed by atoms with Gasteiger partial charge in [-0.1, -0.05) is 79.2 Å². The highest BCUT2D eigenvalue weighted by atomic mass is 16.5. The summed E-state index contributed by atoms with van der Waals surface area (Å²) in [7, 11) is 5.16. The molecule has 35 heavy (non-hydrogen) atoms. The van der Waals surface area contributed by atoms with E-state index in [1.165, 1.54) is 12.0 Å². The van der Waals surface area contributed by atoms with Crippen molar-refractivity contribution in [3.63, 3.8) is 0 Å². The Bertz CT molecular complexity index is 560. The molecule has 0 N–H and O–H groups in total. The summed E-state index contributed by atoms with van der Waals surface area (Å²) >= 11 is 0. The van der Waals surface area contributed by atoms with Crippen LogP contribution < -0.4 is 0 Å². The first-order valence-electron chi connectivity index (χ1n) is 14.0. The molecule has 0 aromatic rings. The Kier molecular flexibility index (Phi) is 23.0. The molecule has 0 aliphatic heterocycles. The van der Waals surface area contributed by atoms with Crippen LogP contribution in [0.5, 0.6) is 0 Å². The monoisotopic (exact) mass is 496 g/mol. The number of ether oxygens (including phenoxy) is 3. The number of allylic oxidation sites excluding steroid dienone is 2. The van der Waals surface area contributed by atoms with Crippen LogP contribution in [0.4, 0.5) is 0 Å². The van der Waals surface area contributed by atoms with E-state index >= 15 is 0 Å². The molecule has 0 bridgehead atoms. The van der Waals surface area contributed by atoms with Crippen LogP contribution in [-0.2, 0) is 19.0 Å². The van der Waals surface area contributed by atoms with E-state index in [4.69, 9.17) is 14.2 Å². The molecule has 0 saturated heterocycles. The fourth-order valence-electron chi connectivity index (χ4n) is 4.46. The highest BCUT2D eigenvalue weighted by molar-refractivity contribution is 5.78. The van der Waals surface area contributed by atoms with E-state index in [-0.39, 0.29) is 12.0 Å². The molecule has 0 amide bonds. The van der Waals surface area contributed by atoms with E-state index in [2.05, 4.69) is 59.8 Å². The summed E-state index contributed by atoms with van der Waals surface area (Å²) in [6, 6.07) is 0. The summed E-state index contributed by atoms with van der Waals surface area (Å²) in [5, 5.41) is 0. The van der Waals surface area contributed by atoms with Crippen LogP contribution in [0.3, 0.4) is 0 Å². The zero-order valence-corrected chi connectivity index (χ0v) is 25.4. The average molecular weight is 497 g/mol. The number of hydrogen-bond donors (Lipinski definition) is 0. The number of methoxy groups -OCH3 is 3. The van der Waals surface area contributed by atoms with E-state index in [1.54, 1.807) is 28.3 Å². The predicted molar refractivity (Wildman–Crippen MR) is 152 cm³/mol. The minimum atomic E-state index is 0.208. The van der Waals surface area contributed by atoms with Crippen LogP contribution in [0.1, 0.15) is 94.4 Å². The summed E-state index contributed by atoms with van der Waals surface area (Å²) in [6.07, 6.45) is 12.4. The van der Waals surface area contributed by atoms with Crippen molar-refractivity contribution in [3.05, 3.63) is 23.8 Å². The molecule has 5 atom stereocenters. The zero-order chi connectivity index (χ0) is 27.4. The molecule has 0 aromatic heterocycles. The Labute approximate surface area is 219 Å². The van der Waals surface area contributed by atoms with Gasteiger partial charge in [-0.05, 0) is 68.6 Å². The first kappa shape index (κ1) is 36.2. The number of ketones is 1. The molecule has 1 aliphatic carbocycles. The van der Waals surface area contributed by atoms with Crippen molar-refractivity contribution in [1.29, 1.82) is 0 Å². The lowest BCUT2D eigenvalue weighted by molar-refractivity contribution is -0.122. The van der Waals surface area contributed by atoms with E-state index < -0.39 is 0 Å². The number of rotatable bonds is 15. The number of carbonyl (C=O) groups is 1. The van der Waals surface area contributed by atoms with Gasteiger partial charge in [0.05, 0.1) is 6.10 Å². The van der Waals surface area contributed by atoms with Crippen LogP contribution in [0.25, 0.3) is 0 Å². The molecule has 1 aliphatic rings. The van der Waals surface area contributed by atoms with Gasteiger partial charge in [-0.15, -0.1) is 0 Å². The van der Waals surface area contributed by atoms with Gasteiger partial charge < -0.3 is 14.2 Å². The quantitative estimate of drug-likeness (QED) is 0.215. The van der Waals surface area contributed by atoms with Crippen LogP contribution >= 0.6 is 0 Å². The third-order valence-corrected chi connectivity index (χ3v) is 7.18. The maximum absolute atomic E-state index is 12.0. The van der Waals surface area contributed by atoms with Crippen molar-refractivity contribution in [2.45, 2.75) is 101 Å². The summed E-state index contributed by atoms with van der Waals surface area (Å²) < 4.78 is 14.9. The molecule has 4 nitrogen and oxygen atoms in total. The van der Waals surface area contributed by atoms with E-state index in [1.807, 2.05) is 13.8 Å². The first-order valence-corrected chi connectivity index (χ1v) is 14.0. The van der Waals surface area contributed by atoms with E-state index in [0.29, 0.717) is 35.4 Å². The third kappa shape index (κ3) is 17.2. The molecule has 0 spiro atoms. The number of Topliss-reactive ketones (excluding diaryl/α,β-unsaturated/α-hetero) is 1. The fourth-order valence-corrected chi connectivity index (χ4v) is 4.46. The largest absolute Gasteiger partial charge is 0.385 e. The number of carbonyl (C=O) groups excluding carboxylic acids is 1. The van der Waals surface area contributed by atoms with Crippen LogP contribution in [0.15, 0.2) is 23.8 Å². The van der Waals surface area contributed by atoms with Crippen molar-refractivity contribution >= 4 is 5.78 Å². The summed E-state index contributed by atoms with van der Waals surface area (Å²) in [6.45, 7) is 21.1. The molecule has 0 radical (unpaired) electrons. The SMILES string of the molecule is CC.COC1C=CC(CC(C[C@@H](C)C(C)C[C@H](C(C)=O)C(C)C)C(C)C)=CC1.COCCCOC. The smallest absolute Gasteiger partial charge is 0.133 e. The van der Waals surface area contributed by atoms with Gasteiger partial charge in [0.25, 0.3) is 0 Å². The normalized spacial score (nSPS) is 18.6. The van der Waals surface area contributed by atoms with Crippen molar-refractivity contribution in [2.75, 3.05) is 34.5 Å². The average Bonchev–Trinajstić information content (AvgIpc) is 2.83. The van der Waals surface area contributed by atoms with Gasteiger partial charge in [-0.3, -0.25) is 4.79 Å². The van der Waals surface area contributed by atoms with Crippen molar-refractivity contribution < 1.29 is 19.0 Å². The van der Waals surface area contributed by atoms with E-state index in [0.717, 1.165) is 38.9 Å². The molecule has 1 rings (SSSR count). The third-order valence-electron chi connectivity index (χ3n) is 7.18. The summed E-state index contributed by atoms with van der Waals surface area (Å²) in [5.74, 6) is 3.59. The van der Waals surface area contributed by atoms with Gasteiger partial charge in [0, 0.05) is 40.5 Å². The topological polar surface area (TPSA) is 44.8 Å². The van der Waals surface area contributed by atoms with Crippen LogP contribution in [0, 0.1) is 35.5 Å². The first-order chi connectivity index (χ1) is 16.6. The highest BCUT2D eigenvalue weighted by Gasteiger charge is 2.26. The molecule has 0 saturated carbocycles. The lowest BCUT2D eigenvalue weighted by Crippen LogP contribution is -2.25. The maximum Gasteiger partial charge on any atom is 0.133 e. The molecule has 0 heterocycles.